The Labute approximate surface area is 129 Å². The SMILES string of the molecule is CC1(Nc2ncc(C(N)=O)c(N[C@@H]3CCC[C@H](O)C3)n2)CC1. The van der Waals surface area contributed by atoms with Gasteiger partial charge in [0.25, 0.3) is 5.91 Å². The summed E-state index contributed by atoms with van der Waals surface area (Å²) >= 11 is 0. The molecule has 7 heteroatoms. The molecule has 120 valence electrons. The number of carbonyl (C=O) groups is 1. The van der Waals surface area contributed by atoms with E-state index < -0.39 is 5.91 Å². The number of aliphatic hydroxyl groups is 1. The number of carbonyl (C=O) groups excluding carboxylic acids is 1. The lowest BCUT2D eigenvalue weighted by Gasteiger charge is -2.27. The predicted molar refractivity (Wildman–Crippen MR) is 83.7 cm³/mol. The molecule has 2 aliphatic carbocycles. The van der Waals surface area contributed by atoms with Gasteiger partial charge in [-0.05, 0) is 45.4 Å². The second kappa shape index (κ2) is 5.72. The molecule has 0 aliphatic heterocycles. The van der Waals surface area contributed by atoms with Crippen molar-refractivity contribution in [2.24, 2.45) is 5.73 Å². The highest BCUT2D eigenvalue weighted by molar-refractivity contribution is 5.97. The zero-order valence-corrected chi connectivity index (χ0v) is 12.8. The Kier molecular flexibility index (Phi) is 3.90. The van der Waals surface area contributed by atoms with Gasteiger partial charge < -0.3 is 21.5 Å². The summed E-state index contributed by atoms with van der Waals surface area (Å²) in [6.07, 6.45) is 6.73. The zero-order valence-electron chi connectivity index (χ0n) is 12.8. The van der Waals surface area contributed by atoms with Gasteiger partial charge in [-0.2, -0.15) is 4.98 Å². The third-order valence-corrected chi connectivity index (χ3v) is 4.46. The van der Waals surface area contributed by atoms with E-state index in [1.54, 1.807) is 0 Å². The smallest absolute Gasteiger partial charge is 0.254 e. The molecule has 1 aromatic heterocycles. The van der Waals surface area contributed by atoms with Gasteiger partial charge in [-0.1, -0.05) is 0 Å². The maximum absolute atomic E-state index is 11.6. The van der Waals surface area contributed by atoms with E-state index in [2.05, 4.69) is 27.5 Å². The van der Waals surface area contributed by atoms with Crippen molar-refractivity contribution in [3.63, 3.8) is 0 Å². The fraction of sp³-hybridized carbons (Fsp3) is 0.667. The average molecular weight is 305 g/mol. The van der Waals surface area contributed by atoms with Crippen LogP contribution in [0.4, 0.5) is 11.8 Å². The van der Waals surface area contributed by atoms with Crippen LogP contribution in [0, 0.1) is 0 Å². The number of nitrogens with zero attached hydrogens (tertiary/aromatic N) is 2. The maximum Gasteiger partial charge on any atom is 0.254 e. The Morgan fingerprint density at radius 2 is 2.23 bits per heavy atom. The van der Waals surface area contributed by atoms with Crippen molar-refractivity contribution < 1.29 is 9.90 Å². The summed E-state index contributed by atoms with van der Waals surface area (Å²) in [4.78, 5) is 20.2. The van der Waals surface area contributed by atoms with E-state index >= 15 is 0 Å². The number of nitrogens with two attached hydrogens (primary N) is 1. The van der Waals surface area contributed by atoms with Crippen LogP contribution in [0.25, 0.3) is 0 Å². The lowest BCUT2D eigenvalue weighted by molar-refractivity contribution is 0.100. The van der Waals surface area contributed by atoms with Crippen molar-refractivity contribution in [3.05, 3.63) is 11.8 Å². The van der Waals surface area contributed by atoms with Crippen molar-refractivity contribution in [2.75, 3.05) is 10.6 Å². The predicted octanol–water partition coefficient (Wildman–Crippen LogP) is 1.26. The van der Waals surface area contributed by atoms with Crippen molar-refractivity contribution >= 4 is 17.7 Å². The molecular weight excluding hydrogens is 282 g/mol. The van der Waals surface area contributed by atoms with Gasteiger partial charge in [0.15, 0.2) is 0 Å². The van der Waals surface area contributed by atoms with Crippen molar-refractivity contribution in [3.8, 4) is 0 Å². The first-order valence-electron chi connectivity index (χ1n) is 7.85. The van der Waals surface area contributed by atoms with E-state index in [0.29, 0.717) is 18.2 Å². The first-order chi connectivity index (χ1) is 10.5. The van der Waals surface area contributed by atoms with Crippen LogP contribution in [0.1, 0.15) is 55.8 Å². The highest BCUT2D eigenvalue weighted by Crippen LogP contribution is 2.37. The maximum atomic E-state index is 11.6. The molecule has 2 atom stereocenters. The minimum atomic E-state index is -0.553. The van der Waals surface area contributed by atoms with Gasteiger partial charge in [0, 0.05) is 17.8 Å². The minimum Gasteiger partial charge on any atom is -0.393 e. The summed E-state index contributed by atoms with van der Waals surface area (Å²) in [6.45, 7) is 2.11. The normalized spacial score (nSPS) is 26.3. The molecule has 0 saturated heterocycles. The van der Waals surface area contributed by atoms with Crippen molar-refractivity contribution in [1.82, 2.24) is 9.97 Å². The van der Waals surface area contributed by atoms with Gasteiger partial charge >= 0.3 is 0 Å². The van der Waals surface area contributed by atoms with Crippen LogP contribution in [0.2, 0.25) is 0 Å². The van der Waals surface area contributed by atoms with Gasteiger partial charge in [0.05, 0.1) is 11.7 Å². The van der Waals surface area contributed by atoms with E-state index in [1.165, 1.54) is 6.20 Å². The number of hydrogen-bond acceptors (Lipinski definition) is 6. The van der Waals surface area contributed by atoms with E-state index in [-0.39, 0.29) is 23.2 Å². The number of hydrogen-bond donors (Lipinski definition) is 4. The number of amides is 1. The second-order valence-electron chi connectivity index (χ2n) is 6.67. The monoisotopic (exact) mass is 305 g/mol. The fourth-order valence-corrected chi connectivity index (χ4v) is 2.80. The van der Waals surface area contributed by atoms with Gasteiger partial charge in [-0.15, -0.1) is 0 Å². The van der Waals surface area contributed by atoms with E-state index in [0.717, 1.165) is 32.1 Å². The summed E-state index contributed by atoms with van der Waals surface area (Å²) in [7, 11) is 0. The van der Waals surface area contributed by atoms with E-state index in [9.17, 15) is 9.90 Å². The standard InChI is InChI=1S/C15H23N5O2/c1-15(5-6-15)20-14-17-8-11(12(16)22)13(19-14)18-9-3-2-4-10(21)7-9/h8-10,21H,2-7H2,1H3,(H2,16,22)(H2,17,18,19,20)/t9-,10+/m1/s1. The molecule has 0 unspecified atom stereocenters. The number of anilines is 2. The summed E-state index contributed by atoms with van der Waals surface area (Å²) in [5.74, 6) is 0.403. The Balaban J connectivity index is 1.79. The zero-order chi connectivity index (χ0) is 15.7. The highest BCUT2D eigenvalue weighted by atomic mass is 16.3. The number of nitrogens with one attached hydrogen (secondary N) is 2. The summed E-state index contributed by atoms with van der Waals surface area (Å²) in [5, 5.41) is 16.3. The Morgan fingerprint density at radius 1 is 1.45 bits per heavy atom. The molecule has 1 heterocycles. The molecule has 0 aromatic carbocycles. The fourth-order valence-electron chi connectivity index (χ4n) is 2.80. The molecule has 1 aromatic rings. The van der Waals surface area contributed by atoms with E-state index in [4.69, 9.17) is 5.73 Å². The molecule has 2 saturated carbocycles. The third-order valence-electron chi connectivity index (χ3n) is 4.46. The third kappa shape index (κ3) is 3.47. The molecule has 0 bridgehead atoms. The number of rotatable bonds is 5. The summed E-state index contributed by atoms with van der Waals surface area (Å²) < 4.78 is 0. The Morgan fingerprint density at radius 3 is 2.86 bits per heavy atom. The average Bonchev–Trinajstić information content (AvgIpc) is 3.16. The van der Waals surface area contributed by atoms with Crippen LogP contribution in [-0.4, -0.2) is 38.7 Å². The Hall–Kier alpha value is -1.89. The lowest BCUT2D eigenvalue weighted by Crippen LogP contribution is -2.31. The molecule has 7 nitrogen and oxygen atoms in total. The topological polar surface area (TPSA) is 113 Å². The first-order valence-corrected chi connectivity index (χ1v) is 7.85. The minimum absolute atomic E-state index is 0.0620. The van der Waals surface area contributed by atoms with Crippen molar-refractivity contribution in [1.29, 1.82) is 0 Å². The van der Waals surface area contributed by atoms with Crippen LogP contribution in [0.5, 0.6) is 0 Å². The molecule has 0 radical (unpaired) electrons. The van der Waals surface area contributed by atoms with Crippen LogP contribution in [0.3, 0.4) is 0 Å². The van der Waals surface area contributed by atoms with Crippen molar-refractivity contribution in [2.45, 2.75) is 63.1 Å². The second-order valence-corrected chi connectivity index (χ2v) is 6.67. The van der Waals surface area contributed by atoms with Crippen LogP contribution < -0.4 is 16.4 Å². The summed E-state index contributed by atoms with van der Waals surface area (Å²) in [5.41, 5.74) is 5.75. The number of aliphatic hydroxyl groups excluding tert-OH is 1. The summed E-state index contributed by atoms with van der Waals surface area (Å²) in [6, 6.07) is 0.0983. The largest absolute Gasteiger partial charge is 0.393 e. The van der Waals surface area contributed by atoms with Crippen LogP contribution in [-0.2, 0) is 0 Å². The first kappa shape index (κ1) is 15.0. The van der Waals surface area contributed by atoms with Crippen LogP contribution >= 0.6 is 0 Å². The molecule has 0 spiro atoms. The van der Waals surface area contributed by atoms with E-state index in [1.807, 2.05) is 0 Å². The molecular formula is C15H23N5O2. The van der Waals surface area contributed by atoms with Gasteiger partial charge in [0.1, 0.15) is 5.82 Å². The number of primary amides is 1. The number of aromatic nitrogens is 2. The quantitative estimate of drug-likeness (QED) is 0.651. The lowest BCUT2D eigenvalue weighted by atomic mass is 9.93. The van der Waals surface area contributed by atoms with Gasteiger partial charge in [-0.25, -0.2) is 4.98 Å². The molecule has 3 rings (SSSR count). The molecule has 22 heavy (non-hydrogen) atoms. The molecule has 1 amide bonds. The molecule has 2 aliphatic rings. The van der Waals surface area contributed by atoms with Gasteiger partial charge in [0.2, 0.25) is 5.95 Å². The Bertz CT molecular complexity index is 573. The van der Waals surface area contributed by atoms with Crippen LogP contribution in [0.15, 0.2) is 6.20 Å². The highest BCUT2D eigenvalue weighted by Gasteiger charge is 2.38. The van der Waals surface area contributed by atoms with Gasteiger partial charge in [-0.3, -0.25) is 4.79 Å². The molecule has 2 fully saturated rings. The molecule has 5 N–H and O–H groups in total.